The maximum atomic E-state index is 6.52. The standard InChI is InChI=1S/C42H35BN2O2/c1-41(2)42(3,4)47-43(46-41)38-26-36(30-13-9-28(10-14-30)32-17-19-39-34(23-32)7-5-21-44-39)25-37(27-38)31-15-11-29(12-16-31)33-18-20-40-35(24-33)8-6-22-45-40/h5-27H,1-4H3. The summed E-state index contributed by atoms with van der Waals surface area (Å²) < 4.78 is 13.0. The molecule has 1 fully saturated rings. The molecule has 0 spiro atoms. The van der Waals surface area contributed by atoms with Crippen molar-refractivity contribution < 1.29 is 9.31 Å². The van der Waals surface area contributed by atoms with E-state index < -0.39 is 18.3 Å². The molecule has 2 aromatic heterocycles. The van der Waals surface area contributed by atoms with Crippen LogP contribution in [0.3, 0.4) is 0 Å². The molecule has 1 aliphatic rings. The van der Waals surface area contributed by atoms with E-state index in [-0.39, 0.29) is 0 Å². The van der Waals surface area contributed by atoms with Crippen LogP contribution in [0.25, 0.3) is 66.3 Å². The molecule has 8 rings (SSSR count). The molecule has 0 atom stereocenters. The zero-order valence-corrected chi connectivity index (χ0v) is 27.1. The Kier molecular flexibility index (Phi) is 7.05. The Bertz CT molecular complexity index is 2100. The highest BCUT2D eigenvalue weighted by Crippen LogP contribution is 2.38. The summed E-state index contributed by atoms with van der Waals surface area (Å²) in [5.74, 6) is 0. The van der Waals surface area contributed by atoms with E-state index in [1.807, 2.05) is 24.5 Å². The van der Waals surface area contributed by atoms with Gasteiger partial charge in [-0.15, -0.1) is 0 Å². The fourth-order valence-corrected chi connectivity index (χ4v) is 6.32. The first-order valence-corrected chi connectivity index (χ1v) is 16.1. The zero-order chi connectivity index (χ0) is 32.2. The molecule has 47 heavy (non-hydrogen) atoms. The molecule has 1 aliphatic heterocycles. The number of nitrogens with zero attached hydrogens (tertiary/aromatic N) is 2. The number of fused-ring (bicyclic) bond motifs is 2. The molecule has 1 saturated heterocycles. The molecule has 0 bridgehead atoms. The summed E-state index contributed by atoms with van der Waals surface area (Å²) in [5.41, 5.74) is 11.3. The molecular weight excluding hydrogens is 575 g/mol. The van der Waals surface area contributed by atoms with Crippen LogP contribution in [-0.4, -0.2) is 28.3 Å². The monoisotopic (exact) mass is 610 g/mol. The van der Waals surface area contributed by atoms with Crippen LogP contribution in [0.5, 0.6) is 0 Å². The molecule has 0 saturated carbocycles. The topological polar surface area (TPSA) is 44.2 Å². The molecule has 0 aliphatic carbocycles. The summed E-state index contributed by atoms with van der Waals surface area (Å²) in [6, 6.07) is 45.3. The molecule has 4 nitrogen and oxygen atoms in total. The molecule has 5 heteroatoms. The number of benzene rings is 5. The first-order valence-electron chi connectivity index (χ1n) is 16.1. The fourth-order valence-electron chi connectivity index (χ4n) is 6.32. The van der Waals surface area contributed by atoms with E-state index >= 15 is 0 Å². The molecule has 0 N–H and O–H groups in total. The van der Waals surface area contributed by atoms with Crippen molar-refractivity contribution in [2.24, 2.45) is 0 Å². The Morgan fingerprint density at radius 1 is 0.426 bits per heavy atom. The third-order valence-electron chi connectivity index (χ3n) is 9.79. The predicted molar refractivity (Wildman–Crippen MR) is 195 cm³/mol. The van der Waals surface area contributed by atoms with Gasteiger partial charge in [0, 0.05) is 23.2 Å². The van der Waals surface area contributed by atoms with Gasteiger partial charge in [-0.25, -0.2) is 0 Å². The largest absolute Gasteiger partial charge is 0.494 e. The second-order valence-corrected chi connectivity index (χ2v) is 13.4. The van der Waals surface area contributed by atoms with Crippen LogP contribution in [-0.2, 0) is 9.31 Å². The normalized spacial score (nSPS) is 15.4. The first-order chi connectivity index (χ1) is 22.7. The average molecular weight is 611 g/mol. The SMILES string of the molecule is CC1(C)OB(c2cc(-c3ccc(-c4ccc5ncccc5c4)cc3)cc(-c3ccc(-c4ccc5ncccc5c4)cc3)c2)OC1(C)C. The maximum Gasteiger partial charge on any atom is 0.494 e. The van der Waals surface area contributed by atoms with Crippen LogP contribution < -0.4 is 5.46 Å². The van der Waals surface area contributed by atoms with Crippen LogP contribution in [0, 0.1) is 0 Å². The highest BCUT2D eigenvalue weighted by atomic mass is 16.7. The number of pyridine rings is 2. The summed E-state index contributed by atoms with van der Waals surface area (Å²) in [7, 11) is -0.463. The lowest BCUT2D eigenvalue weighted by atomic mass is 9.76. The van der Waals surface area contributed by atoms with Gasteiger partial charge in [-0.2, -0.15) is 0 Å². The van der Waals surface area contributed by atoms with Crippen LogP contribution in [0.15, 0.2) is 140 Å². The molecule has 0 radical (unpaired) electrons. The van der Waals surface area contributed by atoms with Crippen molar-refractivity contribution in [3.63, 3.8) is 0 Å². The Morgan fingerprint density at radius 3 is 1.23 bits per heavy atom. The van der Waals surface area contributed by atoms with Crippen molar-refractivity contribution in [3.05, 3.63) is 140 Å². The molecule has 5 aromatic carbocycles. The Labute approximate surface area is 276 Å². The predicted octanol–water partition coefficient (Wildman–Crippen LogP) is 9.75. The Balaban J connectivity index is 1.16. The van der Waals surface area contributed by atoms with Crippen molar-refractivity contribution in [1.29, 1.82) is 0 Å². The van der Waals surface area contributed by atoms with Gasteiger partial charge < -0.3 is 9.31 Å². The summed E-state index contributed by atoms with van der Waals surface area (Å²) in [6.07, 6.45) is 3.67. The smallest absolute Gasteiger partial charge is 0.399 e. The lowest BCUT2D eigenvalue weighted by Gasteiger charge is -2.32. The van der Waals surface area contributed by atoms with Crippen LogP contribution in [0.1, 0.15) is 27.7 Å². The number of rotatable bonds is 5. The molecule has 0 unspecified atom stereocenters. The van der Waals surface area contributed by atoms with Crippen molar-refractivity contribution in [2.75, 3.05) is 0 Å². The quantitative estimate of drug-likeness (QED) is 0.182. The minimum absolute atomic E-state index is 0.429. The fraction of sp³-hybridized carbons (Fsp3) is 0.143. The molecule has 0 amide bonds. The highest BCUT2D eigenvalue weighted by Gasteiger charge is 2.51. The van der Waals surface area contributed by atoms with Crippen LogP contribution >= 0.6 is 0 Å². The van der Waals surface area contributed by atoms with Gasteiger partial charge in [0.25, 0.3) is 0 Å². The summed E-state index contributed by atoms with van der Waals surface area (Å²) >= 11 is 0. The Hall–Kier alpha value is -5.10. The van der Waals surface area contributed by atoms with Crippen molar-refractivity contribution in [1.82, 2.24) is 9.97 Å². The second kappa shape index (κ2) is 11.3. The van der Waals surface area contributed by atoms with E-state index in [9.17, 15) is 0 Å². The number of hydrogen-bond donors (Lipinski definition) is 0. The van der Waals surface area contributed by atoms with E-state index in [1.54, 1.807) is 0 Å². The van der Waals surface area contributed by atoms with Gasteiger partial charge in [0.1, 0.15) is 0 Å². The Morgan fingerprint density at radius 2 is 0.809 bits per heavy atom. The van der Waals surface area contributed by atoms with Gasteiger partial charge in [-0.05, 0) is 120 Å². The van der Waals surface area contributed by atoms with Crippen LogP contribution in [0.4, 0.5) is 0 Å². The minimum Gasteiger partial charge on any atom is -0.399 e. The third kappa shape index (κ3) is 5.52. The number of aromatic nitrogens is 2. The lowest BCUT2D eigenvalue weighted by Crippen LogP contribution is -2.41. The van der Waals surface area contributed by atoms with Crippen molar-refractivity contribution in [2.45, 2.75) is 38.9 Å². The van der Waals surface area contributed by atoms with Gasteiger partial charge in [0.15, 0.2) is 0 Å². The zero-order valence-electron chi connectivity index (χ0n) is 27.1. The molecule has 7 aromatic rings. The maximum absolute atomic E-state index is 6.52. The van der Waals surface area contributed by atoms with E-state index in [0.717, 1.165) is 49.5 Å². The van der Waals surface area contributed by atoms with E-state index in [0.29, 0.717) is 0 Å². The summed E-state index contributed by atoms with van der Waals surface area (Å²) in [5, 5.41) is 2.27. The van der Waals surface area contributed by atoms with Gasteiger partial charge >= 0.3 is 7.12 Å². The van der Waals surface area contributed by atoms with Gasteiger partial charge in [0.05, 0.1) is 22.2 Å². The second-order valence-electron chi connectivity index (χ2n) is 13.4. The van der Waals surface area contributed by atoms with Crippen LogP contribution in [0.2, 0.25) is 0 Å². The van der Waals surface area contributed by atoms with E-state index in [4.69, 9.17) is 9.31 Å². The lowest BCUT2D eigenvalue weighted by molar-refractivity contribution is 0.00578. The highest BCUT2D eigenvalue weighted by molar-refractivity contribution is 6.62. The van der Waals surface area contributed by atoms with Crippen molar-refractivity contribution in [3.8, 4) is 44.5 Å². The summed E-state index contributed by atoms with van der Waals surface area (Å²) in [4.78, 5) is 8.94. The third-order valence-corrected chi connectivity index (χ3v) is 9.79. The summed E-state index contributed by atoms with van der Waals surface area (Å²) in [6.45, 7) is 8.39. The molecular formula is C42H35BN2O2. The van der Waals surface area contributed by atoms with Gasteiger partial charge in [-0.3, -0.25) is 9.97 Å². The minimum atomic E-state index is -0.463. The van der Waals surface area contributed by atoms with Gasteiger partial charge in [0.2, 0.25) is 0 Å². The molecule has 228 valence electrons. The van der Waals surface area contributed by atoms with Gasteiger partial charge in [-0.1, -0.05) is 84.9 Å². The first kappa shape index (κ1) is 29.3. The molecule has 3 heterocycles. The number of hydrogen-bond acceptors (Lipinski definition) is 4. The average Bonchev–Trinajstić information content (AvgIpc) is 3.33. The van der Waals surface area contributed by atoms with E-state index in [2.05, 4.69) is 153 Å². The van der Waals surface area contributed by atoms with E-state index in [1.165, 1.54) is 22.3 Å². The van der Waals surface area contributed by atoms with Crippen molar-refractivity contribution >= 4 is 34.4 Å².